The first-order valence-corrected chi connectivity index (χ1v) is 12.4. The molecule has 3 rings (SSSR count). The Kier molecular flexibility index (Phi) is 8.59. The molecular weight excluding hydrogens is 467 g/mol. The Hall–Kier alpha value is -2.74. The zero-order chi connectivity index (χ0) is 26.7. The van der Waals surface area contributed by atoms with Crippen molar-refractivity contribution in [3.05, 3.63) is 64.7 Å². The highest BCUT2D eigenvalue weighted by Gasteiger charge is 2.63. The van der Waals surface area contributed by atoms with Gasteiger partial charge in [0.15, 0.2) is 5.78 Å². The number of likely N-dealkylation sites (N-methyl/N-ethyl adjacent to an activating group) is 1. The summed E-state index contributed by atoms with van der Waals surface area (Å²) >= 11 is 0. The Morgan fingerprint density at radius 3 is 2.44 bits per heavy atom. The number of Topliss-reactive ketones (excluding diaryl/α,β-unsaturated/α-hetero) is 1. The van der Waals surface area contributed by atoms with Gasteiger partial charge in [-0.05, 0) is 76.0 Å². The smallest absolute Gasteiger partial charge is 0.251 e. The van der Waals surface area contributed by atoms with Gasteiger partial charge in [-0.15, -0.1) is 0 Å². The number of ketones is 1. The topological polar surface area (TPSA) is 62.3 Å². The van der Waals surface area contributed by atoms with E-state index in [2.05, 4.69) is 10.3 Å². The lowest BCUT2D eigenvalue weighted by Gasteiger charge is -2.32. The second-order valence-electron chi connectivity index (χ2n) is 10.2. The van der Waals surface area contributed by atoms with Gasteiger partial charge in [-0.2, -0.15) is 0 Å². The van der Waals surface area contributed by atoms with Gasteiger partial charge in [-0.1, -0.05) is 19.1 Å². The van der Waals surface area contributed by atoms with Crippen LogP contribution in [0.4, 0.5) is 13.2 Å². The van der Waals surface area contributed by atoms with E-state index < -0.39 is 23.1 Å². The van der Waals surface area contributed by atoms with Crippen LogP contribution in [-0.2, 0) is 11.2 Å². The van der Waals surface area contributed by atoms with Crippen molar-refractivity contribution >= 4 is 11.7 Å². The van der Waals surface area contributed by atoms with Gasteiger partial charge in [0.1, 0.15) is 5.82 Å². The minimum atomic E-state index is -2.91. The zero-order valence-electron chi connectivity index (χ0n) is 21.7. The number of amides is 1. The van der Waals surface area contributed by atoms with E-state index in [1.54, 1.807) is 44.4 Å². The number of hydrogen-bond donors (Lipinski definition) is 1. The summed E-state index contributed by atoms with van der Waals surface area (Å²) in [6.07, 6.45) is 4.51. The average molecular weight is 504 g/mol. The van der Waals surface area contributed by atoms with E-state index in [-0.39, 0.29) is 42.7 Å². The van der Waals surface area contributed by atoms with Crippen molar-refractivity contribution in [2.24, 2.45) is 5.41 Å². The monoisotopic (exact) mass is 503 g/mol. The molecule has 5 nitrogen and oxygen atoms in total. The standard InChI is InChI=1S/C28H36F3N3O2/c1-6-24(35)22-10-9-19(18(2)26(22)29)14-21(34(4)5)17-33-25(36)15-23(20-8-7-13-32-16-20)28(11-12-28)27(3,30)31/h7-10,13,16,21,23H,6,11-12,14-15,17H2,1-5H3,(H,33,36)/t21-,23+/m0/s1. The Morgan fingerprint density at radius 1 is 1.22 bits per heavy atom. The maximum absolute atomic E-state index is 14.8. The highest BCUT2D eigenvalue weighted by molar-refractivity contribution is 5.96. The number of carbonyl (C=O) groups is 2. The zero-order valence-corrected chi connectivity index (χ0v) is 21.7. The number of carbonyl (C=O) groups excluding carboxylic acids is 2. The van der Waals surface area contributed by atoms with Gasteiger partial charge in [0.2, 0.25) is 5.91 Å². The molecule has 2 atom stereocenters. The number of benzene rings is 1. The van der Waals surface area contributed by atoms with Gasteiger partial charge >= 0.3 is 0 Å². The second-order valence-corrected chi connectivity index (χ2v) is 10.2. The van der Waals surface area contributed by atoms with Crippen molar-refractivity contribution in [2.45, 2.75) is 70.8 Å². The summed E-state index contributed by atoms with van der Waals surface area (Å²) in [4.78, 5) is 31.0. The Morgan fingerprint density at radius 2 is 1.92 bits per heavy atom. The van der Waals surface area contributed by atoms with Crippen LogP contribution in [0.2, 0.25) is 0 Å². The Balaban J connectivity index is 1.71. The van der Waals surface area contributed by atoms with E-state index in [0.717, 1.165) is 12.5 Å². The maximum Gasteiger partial charge on any atom is 0.251 e. The number of nitrogens with zero attached hydrogens (tertiary/aromatic N) is 2. The minimum Gasteiger partial charge on any atom is -0.355 e. The van der Waals surface area contributed by atoms with Crippen LogP contribution < -0.4 is 5.32 Å². The maximum atomic E-state index is 14.8. The molecular formula is C28H36F3N3O2. The molecule has 1 heterocycles. The molecule has 0 bridgehead atoms. The molecule has 1 aromatic carbocycles. The van der Waals surface area contributed by atoms with Gasteiger partial charge in [-0.25, -0.2) is 13.2 Å². The number of aromatic nitrogens is 1. The van der Waals surface area contributed by atoms with Crippen LogP contribution >= 0.6 is 0 Å². The molecule has 0 saturated heterocycles. The van der Waals surface area contributed by atoms with Crippen molar-refractivity contribution in [3.8, 4) is 0 Å². The highest BCUT2D eigenvalue weighted by atomic mass is 19.3. The van der Waals surface area contributed by atoms with E-state index in [1.165, 1.54) is 6.07 Å². The van der Waals surface area contributed by atoms with Crippen LogP contribution in [0, 0.1) is 18.2 Å². The van der Waals surface area contributed by atoms with Gasteiger partial charge in [-0.3, -0.25) is 14.6 Å². The summed E-state index contributed by atoms with van der Waals surface area (Å²) in [7, 11) is 3.74. The number of nitrogens with one attached hydrogen (secondary N) is 1. The summed E-state index contributed by atoms with van der Waals surface area (Å²) in [6.45, 7) is 4.56. The van der Waals surface area contributed by atoms with Crippen LogP contribution in [0.3, 0.4) is 0 Å². The SMILES string of the molecule is CCC(=O)c1ccc(C[C@@H](CNC(=O)C[C@H](c2cccnc2)C2(C(C)(F)F)CC2)N(C)C)c(C)c1F. The van der Waals surface area contributed by atoms with Crippen molar-refractivity contribution in [2.75, 3.05) is 20.6 Å². The largest absolute Gasteiger partial charge is 0.355 e. The van der Waals surface area contributed by atoms with Crippen molar-refractivity contribution in [1.82, 2.24) is 15.2 Å². The average Bonchev–Trinajstić information content (AvgIpc) is 3.65. The van der Waals surface area contributed by atoms with E-state index in [1.807, 2.05) is 19.0 Å². The first-order valence-electron chi connectivity index (χ1n) is 12.4. The molecule has 1 amide bonds. The molecule has 1 N–H and O–H groups in total. The third-order valence-corrected chi connectivity index (χ3v) is 7.65. The quantitative estimate of drug-likeness (QED) is 0.398. The predicted molar refractivity (Wildman–Crippen MR) is 134 cm³/mol. The molecule has 0 spiro atoms. The molecule has 0 radical (unpaired) electrons. The predicted octanol–water partition coefficient (Wildman–Crippen LogP) is 5.32. The summed E-state index contributed by atoms with van der Waals surface area (Å²) in [5.41, 5.74) is 0.676. The van der Waals surface area contributed by atoms with Crippen LogP contribution in [0.15, 0.2) is 36.7 Å². The fraction of sp³-hybridized carbons (Fsp3) is 0.536. The second kappa shape index (κ2) is 11.1. The van der Waals surface area contributed by atoms with Crippen molar-refractivity contribution in [3.63, 3.8) is 0 Å². The lowest BCUT2D eigenvalue weighted by atomic mass is 9.77. The normalized spacial score (nSPS) is 16.5. The number of alkyl halides is 2. The number of pyridine rings is 1. The van der Waals surface area contributed by atoms with E-state index in [0.29, 0.717) is 30.4 Å². The van der Waals surface area contributed by atoms with Gasteiger partial charge in [0.05, 0.1) is 5.56 Å². The molecule has 0 aliphatic heterocycles. The molecule has 1 fully saturated rings. The molecule has 1 saturated carbocycles. The third kappa shape index (κ3) is 5.97. The van der Waals surface area contributed by atoms with Gasteiger partial charge in [0, 0.05) is 49.2 Å². The molecule has 36 heavy (non-hydrogen) atoms. The molecule has 1 aliphatic carbocycles. The van der Waals surface area contributed by atoms with Gasteiger partial charge in [0.25, 0.3) is 5.92 Å². The van der Waals surface area contributed by atoms with Crippen LogP contribution in [0.1, 0.15) is 72.5 Å². The van der Waals surface area contributed by atoms with E-state index in [9.17, 15) is 22.8 Å². The summed E-state index contributed by atoms with van der Waals surface area (Å²) in [5.74, 6) is -4.60. The highest BCUT2D eigenvalue weighted by Crippen LogP contribution is 2.65. The molecule has 0 unspecified atom stereocenters. The van der Waals surface area contributed by atoms with Crippen molar-refractivity contribution < 1.29 is 22.8 Å². The first kappa shape index (κ1) is 27.8. The molecule has 1 aromatic heterocycles. The Labute approximate surface area is 211 Å². The summed E-state index contributed by atoms with van der Waals surface area (Å²) in [6, 6.07) is 6.58. The molecule has 2 aromatic rings. The van der Waals surface area contributed by atoms with Crippen LogP contribution in [0.5, 0.6) is 0 Å². The van der Waals surface area contributed by atoms with Crippen molar-refractivity contribution in [1.29, 1.82) is 0 Å². The van der Waals surface area contributed by atoms with Crippen LogP contribution in [0.25, 0.3) is 0 Å². The summed E-state index contributed by atoms with van der Waals surface area (Å²) in [5, 5.41) is 2.91. The molecule has 1 aliphatic rings. The minimum absolute atomic E-state index is 0.0588. The number of halogens is 3. The van der Waals surface area contributed by atoms with E-state index >= 15 is 0 Å². The lowest BCUT2D eigenvalue weighted by Crippen LogP contribution is -2.43. The third-order valence-electron chi connectivity index (χ3n) is 7.65. The first-order chi connectivity index (χ1) is 16.9. The molecule has 196 valence electrons. The number of hydrogen-bond acceptors (Lipinski definition) is 4. The fourth-order valence-corrected chi connectivity index (χ4v) is 4.97. The molecule has 8 heteroatoms. The summed E-state index contributed by atoms with van der Waals surface area (Å²) < 4.78 is 44.0. The van der Waals surface area contributed by atoms with Gasteiger partial charge < -0.3 is 10.2 Å². The van der Waals surface area contributed by atoms with E-state index in [4.69, 9.17) is 0 Å². The fourth-order valence-electron chi connectivity index (χ4n) is 4.97. The number of rotatable bonds is 12. The van der Waals surface area contributed by atoms with Crippen LogP contribution in [-0.4, -0.2) is 54.2 Å². The Bertz CT molecular complexity index is 1080. The lowest BCUT2D eigenvalue weighted by molar-refractivity contribution is -0.123.